The van der Waals surface area contributed by atoms with Gasteiger partial charge in [0.2, 0.25) is 0 Å². The van der Waals surface area contributed by atoms with Crippen LogP contribution in [-0.2, 0) is 5.41 Å². The van der Waals surface area contributed by atoms with Crippen molar-refractivity contribution in [2.45, 2.75) is 19.3 Å². The number of anilines is 3. The van der Waals surface area contributed by atoms with Crippen molar-refractivity contribution in [3.8, 4) is 11.1 Å². The third kappa shape index (κ3) is 3.45. The van der Waals surface area contributed by atoms with Gasteiger partial charge >= 0.3 is 0 Å². The summed E-state index contributed by atoms with van der Waals surface area (Å²) in [5, 5.41) is 7.59. The van der Waals surface area contributed by atoms with Gasteiger partial charge in [-0.2, -0.15) is 0 Å². The molecule has 0 spiro atoms. The van der Waals surface area contributed by atoms with Crippen LogP contribution >= 0.6 is 0 Å². The van der Waals surface area contributed by atoms with Crippen molar-refractivity contribution in [1.29, 1.82) is 0 Å². The zero-order valence-electron chi connectivity index (χ0n) is 28.9. The molecule has 0 saturated carbocycles. The second kappa shape index (κ2) is 9.80. The smallest absolute Gasteiger partial charge is 0.0789 e. The minimum Gasteiger partial charge on any atom is -0.310 e. The number of hydrogen-bond donors (Lipinski definition) is 0. The number of nitrogens with zero attached hydrogens (tertiary/aromatic N) is 3. The summed E-state index contributed by atoms with van der Waals surface area (Å²) < 4.78 is 5.02. The van der Waals surface area contributed by atoms with Crippen molar-refractivity contribution in [3.05, 3.63) is 175 Å². The number of benzene rings is 8. The monoisotopic (exact) mass is 663 g/mol. The van der Waals surface area contributed by atoms with Crippen molar-refractivity contribution in [2.24, 2.45) is 0 Å². The Morgan fingerprint density at radius 2 is 0.981 bits per heavy atom. The largest absolute Gasteiger partial charge is 0.310 e. The maximum atomic E-state index is 2.52. The van der Waals surface area contributed by atoms with Crippen LogP contribution in [0.2, 0.25) is 0 Å². The Kier molecular flexibility index (Phi) is 5.31. The lowest BCUT2D eigenvalue weighted by Crippen LogP contribution is -2.16. The van der Waals surface area contributed by atoms with E-state index in [1.807, 2.05) is 0 Å². The molecule has 3 nitrogen and oxygen atoms in total. The lowest BCUT2D eigenvalue weighted by molar-refractivity contribution is 0.660. The molecule has 0 saturated heterocycles. The molecule has 0 radical (unpaired) electrons. The standard InChI is InChI=1S/C49H33N3/c1-49(2)40-18-8-5-15-34(40)35-24-22-31(28-41(35)49)50(42-21-11-13-30-12-3-4-14-33(30)42)32-23-27-45-46(29-32)52-44-20-10-7-17-37(44)39-26-25-38-36-16-6-9-19-43(36)51(45)47(38)48(39)52/h3-29H,1-2H3. The van der Waals surface area contributed by atoms with E-state index in [1.165, 1.54) is 93.4 Å². The van der Waals surface area contributed by atoms with E-state index in [4.69, 9.17) is 0 Å². The Hall–Kier alpha value is -6.58. The first-order chi connectivity index (χ1) is 25.6. The van der Waals surface area contributed by atoms with Gasteiger partial charge in [0.25, 0.3) is 0 Å². The molecule has 12 rings (SSSR count). The molecular formula is C49H33N3. The molecule has 1 aliphatic rings. The molecule has 0 amide bonds. The highest BCUT2D eigenvalue weighted by molar-refractivity contribution is 6.25. The molecule has 244 valence electrons. The van der Waals surface area contributed by atoms with E-state index in [0.717, 1.165) is 11.4 Å². The first kappa shape index (κ1) is 28.2. The van der Waals surface area contributed by atoms with E-state index < -0.39 is 0 Å². The molecule has 11 aromatic rings. The maximum absolute atomic E-state index is 2.52. The van der Waals surface area contributed by atoms with Crippen LogP contribution in [0.3, 0.4) is 0 Å². The van der Waals surface area contributed by atoms with Gasteiger partial charge in [0.15, 0.2) is 0 Å². The third-order valence-corrected chi connectivity index (χ3v) is 12.0. The second-order valence-electron chi connectivity index (χ2n) is 15.0. The highest BCUT2D eigenvalue weighted by Crippen LogP contribution is 2.51. The minimum absolute atomic E-state index is 0.109. The Morgan fingerprint density at radius 1 is 0.404 bits per heavy atom. The molecule has 52 heavy (non-hydrogen) atoms. The number of aromatic nitrogens is 2. The summed E-state index contributed by atoms with van der Waals surface area (Å²) in [5.74, 6) is 0. The summed E-state index contributed by atoms with van der Waals surface area (Å²) in [6, 6.07) is 60.9. The van der Waals surface area contributed by atoms with Gasteiger partial charge in [0, 0.05) is 43.7 Å². The van der Waals surface area contributed by atoms with E-state index in [9.17, 15) is 0 Å². The first-order valence-corrected chi connectivity index (χ1v) is 18.2. The van der Waals surface area contributed by atoms with Gasteiger partial charge in [-0.05, 0) is 76.2 Å². The zero-order valence-corrected chi connectivity index (χ0v) is 28.9. The van der Waals surface area contributed by atoms with Gasteiger partial charge in [-0.3, -0.25) is 0 Å². The number of para-hydroxylation sites is 2. The molecule has 0 atom stereocenters. The molecule has 8 aromatic carbocycles. The summed E-state index contributed by atoms with van der Waals surface area (Å²) in [4.78, 5) is 2.48. The molecule has 0 aliphatic heterocycles. The van der Waals surface area contributed by atoms with Gasteiger partial charge in [-0.25, -0.2) is 0 Å². The topological polar surface area (TPSA) is 12.1 Å². The van der Waals surface area contributed by atoms with Crippen molar-refractivity contribution in [3.63, 3.8) is 0 Å². The molecule has 1 aliphatic carbocycles. The Balaban J connectivity index is 1.21. The van der Waals surface area contributed by atoms with Crippen LogP contribution in [0.15, 0.2) is 164 Å². The van der Waals surface area contributed by atoms with E-state index >= 15 is 0 Å². The molecular weight excluding hydrogens is 631 g/mol. The molecule has 3 heterocycles. The average Bonchev–Trinajstić information content (AvgIpc) is 3.79. The van der Waals surface area contributed by atoms with Crippen LogP contribution in [0.1, 0.15) is 25.0 Å². The third-order valence-electron chi connectivity index (χ3n) is 12.0. The summed E-state index contributed by atoms with van der Waals surface area (Å²) >= 11 is 0. The van der Waals surface area contributed by atoms with Crippen LogP contribution in [0.5, 0.6) is 0 Å². The van der Waals surface area contributed by atoms with Crippen LogP contribution in [-0.4, -0.2) is 8.80 Å². The maximum Gasteiger partial charge on any atom is 0.0789 e. The SMILES string of the molecule is CC1(C)c2ccccc2-c2ccc(N(c3ccc4c(c3)n3c5ccccc5c5ccc6c7ccccc7n4c6c53)c3cccc4ccccc34)cc21. The second-order valence-corrected chi connectivity index (χ2v) is 15.0. The fraction of sp³-hybridized carbons (Fsp3) is 0.0612. The van der Waals surface area contributed by atoms with Gasteiger partial charge in [-0.15, -0.1) is 0 Å². The summed E-state index contributed by atoms with van der Waals surface area (Å²) in [7, 11) is 0. The Labute approximate surface area is 300 Å². The fourth-order valence-corrected chi connectivity index (χ4v) is 9.68. The molecule has 0 unspecified atom stereocenters. The van der Waals surface area contributed by atoms with Crippen LogP contribution in [0.4, 0.5) is 17.1 Å². The van der Waals surface area contributed by atoms with Crippen molar-refractivity contribution >= 4 is 82.5 Å². The minimum atomic E-state index is -0.109. The highest BCUT2D eigenvalue weighted by Gasteiger charge is 2.36. The lowest BCUT2D eigenvalue weighted by Gasteiger charge is -2.29. The van der Waals surface area contributed by atoms with Gasteiger partial charge in [0.1, 0.15) is 0 Å². The molecule has 3 heteroatoms. The Morgan fingerprint density at radius 3 is 1.75 bits per heavy atom. The summed E-state index contributed by atoms with van der Waals surface area (Å²) in [6.07, 6.45) is 0. The quantitative estimate of drug-likeness (QED) is 0.171. The number of rotatable bonds is 3. The van der Waals surface area contributed by atoms with E-state index in [2.05, 4.69) is 191 Å². The number of hydrogen-bond acceptors (Lipinski definition) is 1. The molecule has 0 fully saturated rings. The number of fused-ring (bicyclic) bond motifs is 13. The fourth-order valence-electron chi connectivity index (χ4n) is 9.68. The average molecular weight is 664 g/mol. The summed E-state index contributed by atoms with van der Waals surface area (Å²) in [5.41, 5.74) is 16.2. The van der Waals surface area contributed by atoms with Crippen molar-refractivity contribution < 1.29 is 0 Å². The molecule has 0 N–H and O–H groups in total. The molecule has 0 bridgehead atoms. The van der Waals surface area contributed by atoms with E-state index in [0.29, 0.717) is 0 Å². The normalized spacial score (nSPS) is 13.7. The van der Waals surface area contributed by atoms with Gasteiger partial charge < -0.3 is 13.7 Å². The van der Waals surface area contributed by atoms with Crippen molar-refractivity contribution in [2.75, 3.05) is 4.90 Å². The summed E-state index contributed by atoms with van der Waals surface area (Å²) in [6.45, 7) is 4.73. The molecule has 3 aromatic heterocycles. The highest BCUT2D eigenvalue weighted by atomic mass is 15.1. The van der Waals surface area contributed by atoms with E-state index in [1.54, 1.807) is 0 Å². The van der Waals surface area contributed by atoms with E-state index in [-0.39, 0.29) is 5.41 Å². The Bertz CT molecular complexity index is 3280. The predicted molar refractivity (Wildman–Crippen MR) is 219 cm³/mol. The van der Waals surface area contributed by atoms with Gasteiger partial charge in [0.05, 0.1) is 38.8 Å². The van der Waals surface area contributed by atoms with Crippen LogP contribution in [0.25, 0.3) is 76.5 Å². The van der Waals surface area contributed by atoms with Crippen LogP contribution in [0, 0.1) is 0 Å². The van der Waals surface area contributed by atoms with Crippen LogP contribution < -0.4 is 4.90 Å². The predicted octanol–water partition coefficient (Wildman–Crippen LogP) is 13.2. The first-order valence-electron chi connectivity index (χ1n) is 18.2. The lowest BCUT2D eigenvalue weighted by atomic mass is 9.82. The zero-order chi connectivity index (χ0) is 34.3. The van der Waals surface area contributed by atoms with Gasteiger partial charge in [-0.1, -0.05) is 129 Å². The van der Waals surface area contributed by atoms with Crippen molar-refractivity contribution in [1.82, 2.24) is 8.80 Å².